The monoisotopic (exact) mass is 450 g/mol. The highest BCUT2D eigenvalue weighted by atomic mass is 16.4. The molecule has 1 amide bonds. The van der Waals surface area contributed by atoms with Crippen LogP contribution in [0.1, 0.15) is 83.5 Å². The normalized spacial score (nSPS) is 30.0. The third kappa shape index (κ3) is 6.53. The van der Waals surface area contributed by atoms with Crippen molar-refractivity contribution >= 4 is 23.6 Å². The molecule has 5 N–H and O–H groups in total. The highest BCUT2D eigenvalue weighted by molar-refractivity contribution is 5.90. The van der Waals surface area contributed by atoms with E-state index in [-0.39, 0.29) is 43.4 Å². The van der Waals surface area contributed by atoms with Gasteiger partial charge in [0.2, 0.25) is 5.91 Å². The number of carbonyl (C=O) groups is 4. The Morgan fingerprint density at radius 1 is 0.844 bits per heavy atom. The maximum atomic E-state index is 13.1. The van der Waals surface area contributed by atoms with E-state index in [0.717, 1.165) is 24.2 Å². The van der Waals surface area contributed by atoms with E-state index < -0.39 is 29.8 Å². The van der Waals surface area contributed by atoms with Crippen LogP contribution in [0.3, 0.4) is 0 Å². The van der Waals surface area contributed by atoms with Crippen LogP contribution < -0.4 is 11.1 Å². The molecule has 2 atom stereocenters. The number of rotatable bonds is 14. The number of nitrogens with two attached hydrogens (primary N) is 1. The second kappa shape index (κ2) is 10.8. The molecule has 32 heavy (non-hydrogen) atoms. The third-order valence-corrected chi connectivity index (χ3v) is 8.01. The summed E-state index contributed by atoms with van der Waals surface area (Å²) in [4.78, 5) is 47.9. The lowest BCUT2D eigenvalue weighted by Gasteiger charge is -2.57. The molecule has 4 saturated carbocycles. The summed E-state index contributed by atoms with van der Waals surface area (Å²) in [5.74, 6) is -0.730. The smallest absolute Gasteiger partial charge is 0.303 e. The van der Waals surface area contributed by atoms with Crippen molar-refractivity contribution in [2.75, 3.05) is 6.54 Å². The van der Waals surface area contributed by atoms with Crippen molar-refractivity contribution in [1.29, 1.82) is 0 Å². The van der Waals surface area contributed by atoms with Crippen LogP contribution in [0.4, 0.5) is 0 Å². The molecule has 4 rings (SSSR count). The molecule has 8 heteroatoms. The van der Waals surface area contributed by atoms with E-state index in [2.05, 4.69) is 5.32 Å². The summed E-state index contributed by atoms with van der Waals surface area (Å²) in [5, 5.41) is 20.8. The molecule has 0 aliphatic heterocycles. The summed E-state index contributed by atoms with van der Waals surface area (Å²) >= 11 is 0. The molecular formula is C24H38N2O6. The number of carboxylic acid groups (broad SMARTS) is 2. The minimum absolute atomic E-state index is 0.0507. The van der Waals surface area contributed by atoms with Gasteiger partial charge in [-0.3, -0.25) is 19.2 Å². The van der Waals surface area contributed by atoms with E-state index in [9.17, 15) is 19.2 Å². The fourth-order valence-corrected chi connectivity index (χ4v) is 6.94. The molecule has 8 nitrogen and oxygen atoms in total. The lowest BCUT2D eigenvalue weighted by atomic mass is 9.48. The maximum Gasteiger partial charge on any atom is 0.303 e. The minimum atomic E-state index is -1.01. The summed E-state index contributed by atoms with van der Waals surface area (Å²) in [6.45, 7) is 0.234. The summed E-state index contributed by atoms with van der Waals surface area (Å²) in [6.07, 6.45) is 8.95. The summed E-state index contributed by atoms with van der Waals surface area (Å²) in [7, 11) is 0. The van der Waals surface area contributed by atoms with E-state index >= 15 is 0 Å². The molecule has 180 valence electrons. The Labute approximate surface area is 189 Å². The highest BCUT2D eigenvalue weighted by Crippen LogP contribution is 2.61. The van der Waals surface area contributed by atoms with Crippen LogP contribution in [0, 0.1) is 29.1 Å². The Kier molecular flexibility index (Phi) is 8.31. The molecule has 0 aromatic heterocycles. The van der Waals surface area contributed by atoms with Crippen LogP contribution in [0.5, 0.6) is 0 Å². The first-order valence-electron chi connectivity index (χ1n) is 12.2. The van der Waals surface area contributed by atoms with E-state index in [4.69, 9.17) is 15.9 Å². The minimum Gasteiger partial charge on any atom is -0.481 e. The van der Waals surface area contributed by atoms with Gasteiger partial charge in [0.1, 0.15) is 0 Å². The number of nitrogens with one attached hydrogen (secondary N) is 1. The SMILES string of the molecule is NCC[C@@H](CCC(=O)O)C(=O)N[C@H](CCC(=O)O)C(=O)CCC12CC3CC(CC(C3)C1)C2. The van der Waals surface area contributed by atoms with Crippen LogP contribution in [-0.4, -0.2) is 46.4 Å². The first kappa shape index (κ1) is 24.7. The van der Waals surface area contributed by atoms with Crippen molar-refractivity contribution in [1.82, 2.24) is 5.32 Å². The predicted octanol–water partition coefficient (Wildman–Crippen LogP) is 2.73. The molecule has 4 fully saturated rings. The third-order valence-electron chi connectivity index (χ3n) is 8.01. The Balaban J connectivity index is 1.59. The fourth-order valence-electron chi connectivity index (χ4n) is 6.94. The number of hydrogen-bond acceptors (Lipinski definition) is 5. The lowest BCUT2D eigenvalue weighted by Crippen LogP contribution is -2.47. The molecule has 0 unspecified atom stereocenters. The van der Waals surface area contributed by atoms with E-state index in [1.54, 1.807) is 0 Å². The van der Waals surface area contributed by atoms with Gasteiger partial charge in [0.15, 0.2) is 5.78 Å². The molecule has 0 aromatic rings. The van der Waals surface area contributed by atoms with Gasteiger partial charge in [-0.1, -0.05) is 0 Å². The van der Waals surface area contributed by atoms with Crippen LogP contribution in [-0.2, 0) is 19.2 Å². The van der Waals surface area contributed by atoms with Crippen LogP contribution in [0.2, 0.25) is 0 Å². The van der Waals surface area contributed by atoms with Crippen molar-refractivity contribution in [2.45, 2.75) is 89.5 Å². The number of ketones is 1. The molecule has 4 aliphatic rings. The molecular weight excluding hydrogens is 412 g/mol. The number of carboxylic acids is 2. The van der Waals surface area contributed by atoms with Gasteiger partial charge in [-0.25, -0.2) is 0 Å². The zero-order valence-electron chi connectivity index (χ0n) is 18.9. The van der Waals surface area contributed by atoms with Gasteiger partial charge in [0.05, 0.1) is 6.04 Å². The maximum absolute atomic E-state index is 13.1. The average Bonchev–Trinajstić information content (AvgIpc) is 2.71. The first-order chi connectivity index (χ1) is 15.2. The van der Waals surface area contributed by atoms with Crippen molar-refractivity contribution in [3.63, 3.8) is 0 Å². The quantitative estimate of drug-likeness (QED) is 0.318. The number of aliphatic carboxylic acids is 2. The fraction of sp³-hybridized carbons (Fsp3) is 0.833. The van der Waals surface area contributed by atoms with Crippen molar-refractivity contribution in [3.8, 4) is 0 Å². The van der Waals surface area contributed by atoms with Gasteiger partial charge in [0.25, 0.3) is 0 Å². The topological polar surface area (TPSA) is 147 Å². The first-order valence-corrected chi connectivity index (χ1v) is 12.2. The zero-order chi connectivity index (χ0) is 23.3. The zero-order valence-corrected chi connectivity index (χ0v) is 18.9. The van der Waals surface area contributed by atoms with Crippen LogP contribution in [0.25, 0.3) is 0 Å². The van der Waals surface area contributed by atoms with E-state index in [1.807, 2.05) is 0 Å². The molecule has 4 bridgehead atoms. The Morgan fingerprint density at radius 3 is 1.88 bits per heavy atom. The highest BCUT2D eigenvalue weighted by Gasteiger charge is 2.50. The van der Waals surface area contributed by atoms with Gasteiger partial charge in [-0.2, -0.15) is 0 Å². The molecule has 0 aromatic carbocycles. The molecule has 4 aliphatic carbocycles. The summed E-state index contributed by atoms with van der Waals surface area (Å²) in [5.41, 5.74) is 5.83. The Hall–Kier alpha value is -1.96. The Bertz CT molecular complexity index is 686. The average molecular weight is 451 g/mol. The van der Waals surface area contributed by atoms with Crippen molar-refractivity contribution in [2.24, 2.45) is 34.8 Å². The van der Waals surface area contributed by atoms with Crippen molar-refractivity contribution < 1.29 is 29.4 Å². The van der Waals surface area contributed by atoms with Gasteiger partial charge < -0.3 is 21.3 Å². The predicted molar refractivity (Wildman–Crippen MR) is 118 cm³/mol. The number of amides is 1. The molecule has 0 radical (unpaired) electrons. The van der Waals surface area contributed by atoms with Crippen LogP contribution >= 0.6 is 0 Å². The van der Waals surface area contributed by atoms with Gasteiger partial charge in [-0.05, 0) is 93.9 Å². The number of hydrogen-bond donors (Lipinski definition) is 4. The van der Waals surface area contributed by atoms with Gasteiger partial charge in [-0.15, -0.1) is 0 Å². The summed E-state index contributed by atoms with van der Waals surface area (Å²) in [6, 6.07) is -0.849. The van der Waals surface area contributed by atoms with E-state index in [1.165, 1.54) is 38.5 Å². The number of carbonyl (C=O) groups excluding carboxylic acids is 2. The van der Waals surface area contributed by atoms with Crippen molar-refractivity contribution in [3.05, 3.63) is 0 Å². The standard InChI is InChI=1S/C24H38N2O6/c25-8-6-18(1-3-21(28)29)23(32)26-19(2-4-22(30)31)20(27)5-7-24-12-15-9-16(13-24)11-17(10-15)14-24/h15-19H,1-14,25H2,(H,26,32)(H,28,29)(H,30,31)/t15?,16?,17?,18-,19-,24?/m1/s1. The number of Topliss-reactive ketones (excluding diaryl/α,β-unsaturated/α-hetero) is 1. The molecule has 0 spiro atoms. The van der Waals surface area contributed by atoms with E-state index in [0.29, 0.717) is 12.8 Å². The van der Waals surface area contributed by atoms with Crippen LogP contribution in [0.15, 0.2) is 0 Å². The lowest BCUT2D eigenvalue weighted by molar-refractivity contribution is -0.139. The second-order valence-electron chi connectivity index (χ2n) is 10.6. The molecule has 0 heterocycles. The van der Waals surface area contributed by atoms with Gasteiger partial charge in [0, 0.05) is 25.2 Å². The molecule has 0 saturated heterocycles. The second-order valence-corrected chi connectivity index (χ2v) is 10.6. The largest absolute Gasteiger partial charge is 0.481 e. The van der Waals surface area contributed by atoms with Gasteiger partial charge >= 0.3 is 11.9 Å². The summed E-state index contributed by atoms with van der Waals surface area (Å²) < 4.78 is 0. The Morgan fingerprint density at radius 2 is 1.38 bits per heavy atom.